The van der Waals surface area contributed by atoms with Crippen LogP contribution in [0.1, 0.15) is 22.5 Å². The molecule has 7 nitrogen and oxygen atoms in total. The van der Waals surface area contributed by atoms with Gasteiger partial charge in [-0.1, -0.05) is 0 Å². The lowest BCUT2D eigenvalue weighted by Gasteiger charge is -2.10. The minimum absolute atomic E-state index is 0.664. The smallest absolute Gasteiger partial charge is 0.357 e. The Hall–Kier alpha value is -2.32. The third kappa shape index (κ3) is 2.34. The van der Waals surface area contributed by atoms with Crippen LogP contribution in [0.2, 0.25) is 0 Å². The number of carbonyl (C=O) groups is 1. The van der Waals surface area contributed by atoms with Gasteiger partial charge in [-0.3, -0.25) is 10.1 Å². The Morgan fingerprint density at radius 1 is 1.50 bits per heavy atom. The monoisotopic (exact) mass is 262 g/mol. The minimum atomic E-state index is -3.17. The Morgan fingerprint density at radius 2 is 2.11 bits per heavy atom. The lowest BCUT2D eigenvalue weighted by atomic mass is 10.1. The Kier molecular flexibility index (Phi) is 4.08. The summed E-state index contributed by atoms with van der Waals surface area (Å²) >= 11 is 0. The summed E-state index contributed by atoms with van der Waals surface area (Å²) < 4.78 is 34.6. The first-order valence-electron chi connectivity index (χ1n) is 4.51. The summed E-state index contributed by atoms with van der Waals surface area (Å²) in [5.41, 5.74) is -2.42. The van der Waals surface area contributed by atoms with Crippen molar-refractivity contribution in [1.29, 1.82) is 0 Å². The van der Waals surface area contributed by atoms with Gasteiger partial charge < -0.3 is 9.47 Å². The van der Waals surface area contributed by atoms with Crippen LogP contribution in [0.4, 0.5) is 14.5 Å². The molecule has 0 atom stereocenters. The molecule has 1 aromatic heterocycles. The number of alkyl halides is 2. The molecule has 0 bridgehead atoms. The van der Waals surface area contributed by atoms with E-state index in [1.165, 1.54) is 0 Å². The number of ether oxygens (including phenoxy) is 2. The molecule has 0 N–H and O–H groups in total. The molecule has 0 radical (unpaired) electrons. The van der Waals surface area contributed by atoms with Gasteiger partial charge in [0.05, 0.1) is 19.1 Å². The molecule has 1 rings (SSSR count). The Bertz CT molecular complexity index is 492. The van der Waals surface area contributed by atoms with Crippen molar-refractivity contribution in [2.45, 2.75) is 6.43 Å². The van der Waals surface area contributed by atoms with Gasteiger partial charge in [-0.05, 0) is 0 Å². The van der Waals surface area contributed by atoms with Crippen LogP contribution in [-0.2, 0) is 4.74 Å². The number of halogens is 2. The Labute approximate surface area is 99.5 Å². The molecule has 98 valence electrons. The first-order valence-corrected chi connectivity index (χ1v) is 4.51. The summed E-state index contributed by atoms with van der Waals surface area (Å²) in [5.74, 6) is -1.83. The minimum Gasteiger partial charge on any atom is -0.490 e. The van der Waals surface area contributed by atoms with Crippen LogP contribution in [0, 0.1) is 10.1 Å². The molecule has 18 heavy (non-hydrogen) atoms. The number of rotatable bonds is 4. The molecule has 0 aliphatic heterocycles. The number of nitro groups is 1. The normalized spacial score (nSPS) is 10.3. The first-order chi connectivity index (χ1) is 8.43. The number of nitrogens with zero attached hydrogens (tertiary/aromatic N) is 2. The number of hydrogen-bond donors (Lipinski definition) is 0. The summed E-state index contributed by atoms with van der Waals surface area (Å²) in [6.45, 7) is 0. The zero-order valence-electron chi connectivity index (χ0n) is 9.35. The van der Waals surface area contributed by atoms with Crippen LogP contribution in [0.25, 0.3) is 0 Å². The maximum atomic E-state index is 12.9. The van der Waals surface area contributed by atoms with Crippen molar-refractivity contribution >= 4 is 11.7 Å². The van der Waals surface area contributed by atoms with Crippen LogP contribution >= 0.6 is 0 Å². The van der Waals surface area contributed by atoms with Crippen molar-refractivity contribution in [2.24, 2.45) is 0 Å². The van der Waals surface area contributed by atoms with E-state index in [1.807, 2.05) is 0 Å². The lowest BCUT2D eigenvalue weighted by Crippen LogP contribution is -2.12. The second kappa shape index (κ2) is 5.34. The number of carbonyl (C=O) groups excluding carboxylic acids is 1. The van der Waals surface area contributed by atoms with E-state index in [0.717, 1.165) is 14.2 Å². The summed E-state index contributed by atoms with van der Waals surface area (Å²) in [4.78, 5) is 24.3. The van der Waals surface area contributed by atoms with Gasteiger partial charge in [0.25, 0.3) is 6.43 Å². The van der Waals surface area contributed by atoms with Crippen LogP contribution in [0.3, 0.4) is 0 Å². The predicted octanol–water partition coefficient (Wildman–Crippen LogP) is 1.72. The molecule has 0 aliphatic rings. The van der Waals surface area contributed by atoms with E-state index in [0.29, 0.717) is 6.20 Å². The molecule has 0 saturated carbocycles. The summed E-state index contributed by atoms with van der Waals surface area (Å²) in [5, 5.41) is 10.6. The third-order valence-electron chi connectivity index (χ3n) is 2.05. The highest BCUT2D eigenvalue weighted by Crippen LogP contribution is 2.38. The molecular formula is C9H8F2N2O5. The van der Waals surface area contributed by atoms with E-state index in [-0.39, 0.29) is 0 Å². The zero-order chi connectivity index (χ0) is 13.9. The van der Waals surface area contributed by atoms with Crippen molar-refractivity contribution in [1.82, 2.24) is 4.98 Å². The van der Waals surface area contributed by atoms with E-state index in [4.69, 9.17) is 0 Å². The van der Waals surface area contributed by atoms with Crippen molar-refractivity contribution in [3.63, 3.8) is 0 Å². The Balaban J connectivity index is 3.58. The lowest BCUT2D eigenvalue weighted by molar-refractivity contribution is -0.386. The molecule has 1 aromatic rings. The number of methoxy groups -OCH3 is 2. The molecule has 9 heteroatoms. The first kappa shape index (κ1) is 13.7. The fourth-order valence-electron chi connectivity index (χ4n) is 1.31. The highest BCUT2D eigenvalue weighted by Gasteiger charge is 2.31. The van der Waals surface area contributed by atoms with E-state index in [2.05, 4.69) is 14.5 Å². The van der Waals surface area contributed by atoms with Crippen LogP contribution in [0.5, 0.6) is 5.75 Å². The molecule has 0 aromatic carbocycles. The fourth-order valence-corrected chi connectivity index (χ4v) is 1.31. The molecule has 0 unspecified atom stereocenters. The number of aromatic nitrogens is 1. The van der Waals surface area contributed by atoms with E-state index in [1.54, 1.807) is 0 Å². The summed E-state index contributed by atoms with van der Waals surface area (Å²) in [6.07, 6.45) is -2.50. The molecule has 0 aliphatic carbocycles. The topological polar surface area (TPSA) is 91.6 Å². The van der Waals surface area contributed by atoms with Crippen molar-refractivity contribution in [3.8, 4) is 5.75 Å². The standard InChI is InChI=1S/C9H8F2N2O5/c1-17-7-4(13(15)16)3-12-6(9(14)18-2)5(7)8(10)11/h3,8H,1-2H3. The SMILES string of the molecule is COC(=O)c1ncc([N+](=O)[O-])c(OC)c1C(F)F. The highest BCUT2D eigenvalue weighted by molar-refractivity contribution is 5.90. The predicted molar refractivity (Wildman–Crippen MR) is 53.7 cm³/mol. The Morgan fingerprint density at radius 3 is 2.50 bits per heavy atom. The average molecular weight is 262 g/mol. The van der Waals surface area contributed by atoms with Crippen LogP contribution in [-0.4, -0.2) is 30.1 Å². The van der Waals surface area contributed by atoms with Gasteiger partial charge in [0, 0.05) is 0 Å². The third-order valence-corrected chi connectivity index (χ3v) is 2.05. The average Bonchev–Trinajstić information content (AvgIpc) is 2.35. The van der Waals surface area contributed by atoms with E-state index >= 15 is 0 Å². The van der Waals surface area contributed by atoms with Gasteiger partial charge in [0.2, 0.25) is 5.75 Å². The van der Waals surface area contributed by atoms with Gasteiger partial charge in [-0.2, -0.15) is 0 Å². The quantitative estimate of drug-likeness (QED) is 0.466. The molecular weight excluding hydrogens is 254 g/mol. The second-order valence-electron chi connectivity index (χ2n) is 2.99. The summed E-state index contributed by atoms with van der Waals surface area (Å²) in [6, 6.07) is 0. The second-order valence-corrected chi connectivity index (χ2v) is 2.99. The summed E-state index contributed by atoms with van der Waals surface area (Å²) in [7, 11) is 1.96. The van der Waals surface area contributed by atoms with Gasteiger partial charge in [-0.15, -0.1) is 0 Å². The van der Waals surface area contributed by atoms with Crippen molar-refractivity contribution < 1.29 is 28.0 Å². The maximum absolute atomic E-state index is 12.9. The maximum Gasteiger partial charge on any atom is 0.357 e. The van der Waals surface area contributed by atoms with Gasteiger partial charge in [0.15, 0.2) is 5.69 Å². The molecule has 0 fully saturated rings. The molecule has 0 spiro atoms. The van der Waals surface area contributed by atoms with E-state index < -0.39 is 40.0 Å². The largest absolute Gasteiger partial charge is 0.490 e. The zero-order valence-corrected chi connectivity index (χ0v) is 9.35. The van der Waals surface area contributed by atoms with E-state index in [9.17, 15) is 23.7 Å². The number of hydrogen-bond acceptors (Lipinski definition) is 6. The highest BCUT2D eigenvalue weighted by atomic mass is 19.3. The van der Waals surface area contributed by atoms with Crippen LogP contribution in [0.15, 0.2) is 6.20 Å². The van der Waals surface area contributed by atoms with Gasteiger partial charge in [0.1, 0.15) is 11.8 Å². The molecule has 0 amide bonds. The van der Waals surface area contributed by atoms with Gasteiger partial charge >= 0.3 is 11.7 Å². The van der Waals surface area contributed by atoms with Crippen molar-refractivity contribution in [2.75, 3.05) is 14.2 Å². The number of esters is 1. The fraction of sp³-hybridized carbons (Fsp3) is 0.333. The molecule has 1 heterocycles. The van der Waals surface area contributed by atoms with Gasteiger partial charge in [-0.25, -0.2) is 18.6 Å². The number of pyridine rings is 1. The molecule has 0 saturated heterocycles. The van der Waals surface area contributed by atoms with Crippen molar-refractivity contribution in [3.05, 3.63) is 27.6 Å². The van der Waals surface area contributed by atoms with Crippen LogP contribution < -0.4 is 4.74 Å².